The number of ether oxygens (including phenoxy) is 1. The SMILES string of the molecule is CC(C)[C@@H](CO)Nc1nc(Nc2ccc(OC(F)F)cc2)cc(-c2cccnc2)n1. The highest BCUT2D eigenvalue weighted by Crippen LogP contribution is 2.25. The zero-order valence-corrected chi connectivity index (χ0v) is 16.6. The van der Waals surface area contributed by atoms with Gasteiger partial charge in [-0.1, -0.05) is 13.8 Å². The first-order valence-corrected chi connectivity index (χ1v) is 9.43. The Morgan fingerprint density at radius 2 is 1.87 bits per heavy atom. The van der Waals surface area contributed by atoms with Gasteiger partial charge >= 0.3 is 6.61 Å². The van der Waals surface area contributed by atoms with Crippen molar-refractivity contribution >= 4 is 17.5 Å². The van der Waals surface area contributed by atoms with E-state index in [0.29, 0.717) is 23.1 Å². The van der Waals surface area contributed by atoms with Gasteiger partial charge < -0.3 is 20.5 Å². The van der Waals surface area contributed by atoms with Crippen LogP contribution in [0.4, 0.5) is 26.2 Å². The van der Waals surface area contributed by atoms with Crippen LogP contribution in [0.25, 0.3) is 11.3 Å². The van der Waals surface area contributed by atoms with Gasteiger partial charge in [0, 0.05) is 29.7 Å². The van der Waals surface area contributed by atoms with Gasteiger partial charge in [-0.15, -0.1) is 0 Å². The maximum Gasteiger partial charge on any atom is 0.387 e. The summed E-state index contributed by atoms with van der Waals surface area (Å²) < 4.78 is 29.0. The Morgan fingerprint density at radius 1 is 1.10 bits per heavy atom. The molecule has 2 heterocycles. The lowest BCUT2D eigenvalue weighted by Gasteiger charge is -2.20. The average Bonchev–Trinajstić information content (AvgIpc) is 2.73. The number of alkyl halides is 2. The Kier molecular flexibility index (Phi) is 7.08. The van der Waals surface area contributed by atoms with Crippen molar-refractivity contribution in [2.45, 2.75) is 26.5 Å². The number of pyridine rings is 1. The second-order valence-corrected chi connectivity index (χ2v) is 6.91. The van der Waals surface area contributed by atoms with E-state index in [2.05, 4.69) is 30.3 Å². The molecule has 0 radical (unpaired) electrons. The summed E-state index contributed by atoms with van der Waals surface area (Å²) in [6.45, 7) is 1.04. The van der Waals surface area contributed by atoms with E-state index in [9.17, 15) is 13.9 Å². The van der Waals surface area contributed by atoms with E-state index in [4.69, 9.17) is 0 Å². The summed E-state index contributed by atoms with van der Waals surface area (Å²) in [5.41, 5.74) is 2.08. The Labute approximate surface area is 173 Å². The van der Waals surface area contributed by atoms with Crippen molar-refractivity contribution in [2.24, 2.45) is 5.92 Å². The molecule has 0 aliphatic rings. The van der Waals surface area contributed by atoms with Crippen LogP contribution < -0.4 is 15.4 Å². The Hall–Kier alpha value is -3.33. The Balaban J connectivity index is 1.89. The number of anilines is 3. The van der Waals surface area contributed by atoms with E-state index in [0.717, 1.165) is 5.56 Å². The summed E-state index contributed by atoms with van der Waals surface area (Å²) in [5.74, 6) is 1.08. The fourth-order valence-electron chi connectivity index (χ4n) is 2.69. The maximum absolute atomic E-state index is 12.3. The number of hydrogen-bond donors (Lipinski definition) is 3. The van der Waals surface area contributed by atoms with E-state index in [1.165, 1.54) is 12.1 Å². The number of nitrogens with zero attached hydrogens (tertiary/aromatic N) is 3. The van der Waals surface area contributed by atoms with Crippen LogP contribution in [0.1, 0.15) is 13.8 Å². The molecule has 3 rings (SSSR count). The lowest BCUT2D eigenvalue weighted by atomic mass is 10.1. The second kappa shape index (κ2) is 9.93. The van der Waals surface area contributed by atoms with Gasteiger partial charge in [0.2, 0.25) is 5.95 Å². The van der Waals surface area contributed by atoms with Crippen molar-refractivity contribution in [1.82, 2.24) is 15.0 Å². The van der Waals surface area contributed by atoms with Gasteiger partial charge in [0.05, 0.1) is 18.3 Å². The first-order chi connectivity index (χ1) is 14.4. The van der Waals surface area contributed by atoms with Crippen molar-refractivity contribution in [3.8, 4) is 17.0 Å². The third-order valence-corrected chi connectivity index (χ3v) is 4.35. The smallest absolute Gasteiger partial charge is 0.387 e. The summed E-state index contributed by atoms with van der Waals surface area (Å²) >= 11 is 0. The van der Waals surface area contributed by atoms with Crippen LogP contribution in [-0.4, -0.2) is 39.3 Å². The van der Waals surface area contributed by atoms with E-state index in [1.54, 1.807) is 30.6 Å². The van der Waals surface area contributed by atoms with Crippen LogP contribution in [0.3, 0.4) is 0 Å². The predicted octanol–water partition coefficient (Wildman–Crippen LogP) is 4.31. The molecular formula is C21H23F2N5O2. The highest BCUT2D eigenvalue weighted by molar-refractivity contribution is 5.67. The molecule has 9 heteroatoms. The quantitative estimate of drug-likeness (QED) is 0.479. The lowest BCUT2D eigenvalue weighted by Crippen LogP contribution is -2.30. The van der Waals surface area contributed by atoms with Crippen LogP contribution >= 0.6 is 0 Å². The van der Waals surface area contributed by atoms with Crippen LogP contribution in [0.2, 0.25) is 0 Å². The van der Waals surface area contributed by atoms with Crippen molar-refractivity contribution in [3.63, 3.8) is 0 Å². The third-order valence-electron chi connectivity index (χ3n) is 4.35. The molecule has 30 heavy (non-hydrogen) atoms. The summed E-state index contributed by atoms with van der Waals surface area (Å²) in [6.07, 6.45) is 3.37. The molecule has 2 aromatic heterocycles. The van der Waals surface area contributed by atoms with E-state index in [-0.39, 0.29) is 24.3 Å². The molecule has 3 aromatic rings. The van der Waals surface area contributed by atoms with Gasteiger partial charge in [-0.05, 0) is 42.3 Å². The normalized spacial score (nSPS) is 12.1. The van der Waals surface area contributed by atoms with Gasteiger partial charge in [0.25, 0.3) is 0 Å². The predicted molar refractivity (Wildman–Crippen MR) is 111 cm³/mol. The van der Waals surface area contributed by atoms with Gasteiger partial charge in [-0.3, -0.25) is 4.98 Å². The number of hydrogen-bond acceptors (Lipinski definition) is 7. The zero-order chi connectivity index (χ0) is 21.5. The molecule has 0 amide bonds. The molecule has 0 bridgehead atoms. The fraction of sp³-hybridized carbons (Fsp3) is 0.286. The highest BCUT2D eigenvalue weighted by Gasteiger charge is 2.15. The summed E-state index contributed by atoms with van der Waals surface area (Å²) in [4.78, 5) is 13.2. The minimum absolute atomic E-state index is 0.0630. The molecule has 0 saturated heterocycles. The van der Waals surface area contributed by atoms with Crippen LogP contribution in [0.15, 0.2) is 54.9 Å². The standard InChI is InChI=1S/C21H23F2N5O2/c1-13(2)18(12-29)27-21-26-17(14-4-3-9-24-11-14)10-19(28-21)25-15-5-7-16(8-6-15)30-20(22)23/h3-11,13,18,20,29H,12H2,1-2H3,(H2,25,26,27,28)/t18-/m1/s1. The molecule has 1 atom stereocenters. The zero-order valence-electron chi connectivity index (χ0n) is 16.6. The van der Waals surface area contributed by atoms with E-state index >= 15 is 0 Å². The molecule has 0 fully saturated rings. The molecule has 3 N–H and O–H groups in total. The number of halogens is 2. The third kappa shape index (κ3) is 5.84. The van der Waals surface area contributed by atoms with Gasteiger partial charge in [0.15, 0.2) is 0 Å². The first kappa shape index (κ1) is 21.4. The van der Waals surface area contributed by atoms with Crippen LogP contribution in [0.5, 0.6) is 5.75 Å². The van der Waals surface area contributed by atoms with Crippen molar-refractivity contribution in [2.75, 3.05) is 17.2 Å². The minimum Gasteiger partial charge on any atom is -0.435 e. The first-order valence-electron chi connectivity index (χ1n) is 9.43. The number of aromatic nitrogens is 3. The van der Waals surface area contributed by atoms with Gasteiger partial charge in [-0.2, -0.15) is 13.8 Å². The van der Waals surface area contributed by atoms with E-state index < -0.39 is 6.61 Å². The molecule has 0 aliphatic heterocycles. The van der Waals surface area contributed by atoms with Crippen LogP contribution in [-0.2, 0) is 0 Å². The van der Waals surface area contributed by atoms with E-state index in [1.807, 2.05) is 26.0 Å². The van der Waals surface area contributed by atoms with Crippen molar-refractivity contribution in [3.05, 3.63) is 54.9 Å². The lowest BCUT2D eigenvalue weighted by molar-refractivity contribution is -0.0498. The molecule has 7 nitrogen and oxygen atoms in total. The molecule has 0 saturated carbocycles. The molecule has 0 aliphatic carbocycles. The topological polar surface area (TPSA) is 92.2 Å². The molecule has 158 valence electrons. The highest BCUT2D eigenvalue weighted by atomic mass is 19.3. The summed E-state index contributed by atoms with van der Waals surface area (Å²) in [5, 5.41) is 15.9. The van der Waals surface area contributed by atoms with Crippen molar-refractivity contribution in [1.29, 1.82) is 0 Å². The number of aliphatic hydroxyl groups excluding tert-OH is 1. The maximum atomic E-state index is 12.3. The number of nitrogens with one attached hydrogen (secondary N) is 2. The molecule has 1 aromatic carbocycles. The van der Waals surface area contributed by atoms with Gasteiger partial charge in [-0.25, -0.2) is 4.98 Å². The summed E-state index contributed by atoms with van der Waals surface area (Å²) in [6, 6.07) is 11.3. The minimum atomic E-state index is -2.87. The summed E-state index contributed by atoms with van der Waals surface area (Å²) in [7, 11) is 0. The van der Waals surface area contributed by atoms with Gasteiger partial charge in [0.1, 0.15) is 11.6 Å². The molecule has 0 unspecified atom stereocenters. The Bertz CT molecular complexity index is 940. The molecule has 0 spiro atoms. The van der Waals surface area contributed by atoms with Crippen LogP contribution in [0, 0.1) is 5.92 Å². The number of rotatable bonds is 9. The van der Waals surface area contributed by atoms with Crippen molar-refractivity contribution < 1.29 is 18.6 Å². The fourth-order valence-corrected chi connectivity index (χ4v) is 2.69. The average molecular weight is 415 g/mol. The number of benzene rings is 1. The second-order valence-electron chi connectivity index (χ2n) is 6.91. The monoisotopic (exact) mass is 415 g/mol. The molecular weight excluding hydrogens is 392 g/mol. The number of aliphatic hydroxyl groups is 1. The largest absolute Gasteiger partial charge is 0.435 e. The Morgan fingerprint density at radius 3 is 2.47 bits per heavy atom.